The van der Waals surface area contributed by atoms with E-state index in [-0.39, 0.29) is 24.7 Å². The molecule has 2 aromatic carbocycles. The average molecular weight is 576 g/mol. The van der Waals surface area contributed by atoms with Crippen molar-refractivity contribution in [3.63, 3.8) is 0 Å². The van der Waals surface area contributed by atoms with E-state index in [2.05, 4.69) is 4.99 Å². The number of benzene rings is 2. The fraction of sp³-hybridized carbons (Fsp3) is 0.355. The Morgan fingerprint density at radius 2 is 1.78 bits per heavy atom. The molecular formula is C31H33N3O6S. The van der Waals surface area contributed by atoms with Crippen LogP contribution < -0.4 is 24.4 Å². The molecule has 0 spiro atoms. The minimum Gasteiger partial charge on any atom is -0.490 e. The molecule has 3 aromatic rings. The number of hydrogen-bond donors (Lipinski definition) is 0. The number of ether oxygens (including phenoxy) is 3. The van der Waals surface area contributed by atoms with Crippen molar-refractivity contribution in [2.75, 3.05) is 32.9 Å². The van der Waals surface area contributed by atoms with Gasteiger partial charge in [0.2, 0.25) is 0 Å². The number of aromatic nitrogens is 1. The molecule has 1 fully saturated rings. The highest BCUT2D eigenvalue weighted by molar-refractivity contribution is 7.07. The van der Waals surface area contributed by atoms with Gasteiger partial charge in [0.15, 0.2) is 22.9 Å². The predicted molar refractivity (Wildman–Crippen MR) is 156 cm³/mol. The number of likely N-dealkylation sites (tertiary alicyclic amines) is 1. The Labute approximate surface area is 242 Å². The Hall–Kier alpha value is -4.18. The van der Waals surface area contributed by atoms with E-state index in [1.54, 1.807) is 36.6 Å². The zero-order valence-corrected chi connectivity index (χ0v) is 24.2. The molecule has 1 atom stereocenters. The van der Waals surface area contributed by atoms with Gasteiger partial charge >= 0.3 is 5.97 Å². The van der Waals surface area contributed by atoms with E-state index >= 15 is 0 Å². The third-order valence-electron chi connectivity index (χ3n) is 7.01. The lowest BCUT2D eigenvalue weighted by Gasteiger charge is -2.24. The summed E-state index contributed by atoms with van der Waals surface area (Å²) in [6.07, 6.45) is 3.81. The summed E-state index contributed by atoms with van der Waals surface area (Å²) in [6.45, 7) is 7.49. The van der Waals surface area contributed by atoms with Crippen LogP contribution in [0, 0.1) is 0 Å². The number of carbonyl (C=O) groups is 2. The molecule has 2 aliphatic rings. The van der Waals surface area contributed by atoms with Crippen molar-refractivity contribution in [3.05, 3.63) is 90.6 Å². The van der Waals surface area contributed by atoms with Crippen molar-refractivity contribution in [1.82, 2.24) is 9.47 Å². The van der Waals surface area contributed by atoms with Crippen molar-refractivity contribution < 1.29 is 23.8 Å². The first kappa shape index (κ1) is 28.4. The van der Waals surface area contributed by atoms with Gasteiger partial charge in [0.05, 0.1) is 35.1 Å². The highest BCUT2D eigenvalue weighted by atomic mass is 32.1. The van der Waals surface area contributed by atoms with Gasteiger partial charge in [-0.15, -0.1) is 0 Å². The second-order valence-corrected chi connectivity index (χ2v) is 10.7. The lowest BCUT2D eigenvalue weighted by atomic mass is 9.96. The van der Waals surface area contributed by atoms with Crippen molar-refractivity contribution >= 4 is 29.3 Å². The van der Waals surface area contributed by atoms with E-state index in [1.165, 1.54) is 11.3 Å². The van der Waals surface area contributed by atoms with Crippen molar-refractivity contribution in [2.45, 2.75) is 39.7 Å². The zero-order chi connectivity index (χ0) is 28.9. The summed E-state index contributed by atoms with van der Waals surface area (Å²) in [5.74, 6) is 0.431. The summed E-state index contributed by atoms with van der Waals surface area (Å²) in [5, 5.41) is 0. The SMILES string of the molecule is CCOC(=O)C1=C(C)N=c2s/c(=C/c3ccc(OCC(=O)N4CCCC4)c(OCC)c3)c(=O)n2[C@H]1c1ccccc1. The van der Waals surface area contributed by atoms with Crippen LogP contribution in [0.25, 0.3) is 6.08 Å². The summed E-state index contributed by atoms with van der Waals surface area (Å²) < 4.78 is 19.0. The van der Waals surface area contributed by atoms with E-state index in [0.29, 0.717) is 38.7 Å². The topological polar surface area (TPSA) is 99.4 Å². The molecule has 5 rings (SSSR count). The first-order valence-corrected chi connectivity index (χ1v) is 14.6. The van der Waals surface area contributed by atoms with Gasteiger partial charge in [0.1, 0.15) is 0 Å². The van der Waals surface area contributed by atoms with Gasteiger partial charge in [-0.1, -0.05) is 47.7 Å². The molecule has 10 heteroatoms. The third-order valence-corrected chi connectivity index (χ3v) is 7.99. The molecule has 214 valence electrons. The number of carbonyl (C=O) groups excluding carboxylic acids is 2. The number of amides is 1. The lowest BCUT2D eigenvalue weighted by molar-refractivity contribution is -0.139. The number of hydrogen-bond acceptors (Lipinski definition) is 8. The monoisotopic (exact) mass is 575 g/mol. The number of fused-ring (bicyclic) bond motifs is 1. The smallest absolute Gasteiger partial charge is 0.338 e. The molecule has 2 aliphatic heterocycles. The van der Waals surface area contributed by atoms with Gasteiger partial charge in [-0.05, 0) is 62.9 Å². The Morgan fingerprint density at radius 1 is 1.02 bits per heavy atom. The van der Waals surface area contributed by atoms with Crippen LogP contribution in [0.5, 0.6) is 11.5 Å². The summed E-state index contributed by atoms with van der Waals surface area (Å²) in [7, 11) is 0. The van der Waals surface area contributed by atoms with Crippen molar-refractivity contribution in [2.24, 2.45) is 4.99 Å². The highest BCUT2D eigenvalue weighted by Crippen LogP contribution is 2.31. The van der Waals surface area contributed by atoms with E-state index in [4.69, 9.17) is 14.2 Å². The summed E-state index contributed by atoms with van der Waals surface area (Å²) in [5.41, 5.74) is 2.14. The molecule has 0 bridgehead atoms. The van der Waals surface area contributed by atoms with Crippen molar-refractivity contribution in [3.8, 4) is 11.5 Å². The van der Waals surface area contributed by atoms with Crippen LogP contribution in [0.4, 0.5) is 0 Å². The largest absolute Gasteiger partial charge is 0.490 e. The fourth-order valence-electron chi connectivity index (χ4n) is 5.09. The summed E-state index contributed by atoms with van der Waals surface area (Å²) in [4.78, 5) is 46.2. The Balaban J connectivity index is 1.51. The number of rotatable bonds is 9. The second-order valence-electron chi connectivity index (χ2n) is 9.73. The number of esters is 1. The third kappa shape index (κ3) is 5.97. The summed E-state index contributed by atoms with van der Waals surface area (Å²) >= 11 is 1.26. The molecule has 41 heavy (non-hydrogen) atoms. The standard InChI is InChI=1S/C31H33N3O6S/c1-4-38-24-17-21(13-14-23(24)40-19-26(35)33-15-9-10-16-33)18-25-29(36)34-28(22-11-7-6-8-12-22)27(30(37)39-5-2)20(3)32-31(34)41-25/h6-8,11-14,17-18,28H,4-5,9-10,15-16,19H2,1-3H3/b25-18+/t28-/m0/s1. The zero-order valence-electron chi connectivity index (χ0n) is 23.4. The van der Waals surface area contributed by atoms with Crippen LogP contribution in [0.2, 0.25) is 0 Å². The molecule has 1 amide bonds. The van der Waals surface area contributed by atoms with Crippen LogP contribution in [-0.2, 0) is 14.3 Å². The lowest BCUT2D eigenvalue weighted by Crippen LogP contribution is -2.39. The van der Waals surface area contributed by atoms with E-state index in [0.717, 1.165) is 37.1 Å². The quantitative estimate of drug-likeness (QED) is 0.364. The first-order valence-electron chi connectivity index (χ1n) is 13.8. The molecule has 0 radical (unpaired) electrons. The molecule has 9 nitrogen and oxygen atoms in total. The molecule has 0 N–H and O–H groups in total. The van der Waals surface area contributed by atoms with Gasteiger partial charge < -0.3 is 19.1 Å². The maximum absolute atomic E-state index is 13.8. The van der Waals surface area contributed by atoms with Gasteiger partial charge in [-0.25, -0.2) is 9.79 Å². The fourth-order valence-corrected chi connectivity index (χ4v) is 6.14. The number of thiazole rings is 1. The molecule has 1 aromatic heterocycles. The van der Waals surface area contributed by atoms with Gasteiger partial charge in [-0.3, -0.25) is 14.2 Å². The molecule has 0 unspecified atom stereocenters. The predicted octanol–water partition coefficient (Wildman–Crippen LogP) is 3.20. The van der Waals surface area contributed by atoms with Crippen LogP contribution in [0.3, 0.4) is 0 Å². The number of allylic oxidation sites excluding steroid dienone is 1. The summed E-state index contributed by atoms with van der Waals surface area (Å²) in [6, 6.07) is 14.1. The maximum Gasteiger partial charge on any atom is 0.338 e. The van der Waals surface area contributed by atoms with E-state index in [1.807, 2.05) is 48.2 Å². The molecule has 0 saturated carbocycles. The normalized spacial score (nSPS) is 16.8. The van der Waals surface area contributed by atoms with E-state index < -0.39 is 12.0 Å². The van der Waals surface area contributed by atoms with Crippen LogP contribution in [0.15, 0.2) is 69.6 Å². The minimum absolute atomic E-state index is 0.0411. The molecule has 1 saturated heterocycles. The van der Waals surface area contributed by atoms with Crippen molar-refractivity contribution in [1.29, 1.82) is 0 Å². The molecule has 0 aliphatic carbocycles. The van der Waals surface area contributed by atoms with Crippen LogP contribution >= 0.6 is 11.3 Å². The van der Waals surface area contributed by atoms with E-state index in [9.17, 15) is 14.4 Å². The average Bonchev–Trinajstić information content (AvgIpc) is 3.61. The minimum atomic E-state index is -0.656. The molecule has 3 heterocycles. The number of nitrogens with zero attached hydrogens (tertiary/aromatic N) is 3. The van der Waals surface area contributed by atoms with Gasteiger partial charge in [0, 0.05) is 13.1 Å². The Morgan fingerprint density at radius 3 is 2.49 bits per heavy atom. The van der Waals surface area contributed by atoms with Gasteiger partial charge in [-0.2, -0.15) is 0 Å². The second kappa shape index (κ2) is 12.6. The Bertz CT molecular complexity index is 1650. The Kier molecular flexibility index (Phi) is 8.68. The maximum atomic E-state index is 13.8. The van der Waals surface area contributed by atoms with Gasteiger partial charge in [0.25, 0.3) is 11.5 Å². The molecular weight excluding hydrogens is 542 g/mol. The van der Waals surface area contributed by atoms with Crippen LogP contribution in [0.1, 0.15) is 50.8 Å². The highest BCUT2D eigenvalue weighted by Gasteiger charge is 2.33. The first-order chi connectivity index (χ1) is 19.9. The van der Waals surface area contributed by atoms with Crippen LogP contribution in [-0.4, -0.2) is 54.3 Å².